The Morgan fingerprint density at radius 3 is 2.21 bits per heavy atom. The number of anilines is 1. The van der Waals surface area contributed by atoms with E-state index in [2.05, 4.69) is 5.32 Å². The van der Waals surface area contributed by atoms with E-state index in [-0.39, 0.29) is 23.0 Å². The molecule has 0 saturated heterocycles. The molecule has 2 amide bonds. The Morgan fingerprint density at radius 1 is 0.947 bits per heavy atom. The summed E-state index contributed by atoms with van der Waals surface area (Å²) < 4.78 is 41.9. The van der Waals surface area contributed by atoms with Crippen LogP contribution < -0.4 is 9.62 Å². The Morgan fingerprint density at radius 2 is 1.61 bits per heavy atom. The highest BCUT2D eigenvalue weighted by Crippen LogP contribution is 2.25. The first-order valence-corrected chi connectivity index (χ1v) is 13.9. The minimum atomic E-state index is -4.23. The highest BCUT2D eigenvalue weighted by Gasteiger charge is 2.32. The topological polar surface area (TPSA) is 86.8 Å². The molecule has 202 valence electrons. The van der Waals surface area contributed by atoms with Crippen molar-refractivity contribution in [2.75, 3.05) is 17.4 Å². The Hall–Kier alpha value is -3.72. The molecule has 1 unspecified atom stereocenters. The monoisotopic (exact) mass is 539 g/mol. The summed E-state index contributed by atoms with van der Waals surface area (Å²) in [6, 6.07) is 17.9. The smallest absolute Gasteiger partial charge is 0.264 e. The fourth-order valence-electron chi connectivity index (χ4n) is 3.96. The quantitative estimate of drug-likeness (QED) is 0.387. The van der Waals surface area contributed by atoms with Gasteiger partial charge in [0.2, 0.25) is 11.8 Å². The average molecular weight is 540 g/mol. The molecule has 0 fully saturated rings. The summed E-state index contributed by atoms with van der Waals surface area (Å²) in [4.78, 5) is 27.9. The lowest BCUT2D eigenvalue weighted by Crippen LogP contribution is -2.51. The second kappa shape index (κ2) is 12.7. The maximum atomic E-state index is 13.8. The van der Waals surface area contributed by atoms with Crippen molar-refractivity contribution < 1.29 is 22.4 Å². The highest BCUT2D eigenvalue weighted by molar-refractivity contribution is 7.92. The van der Waals surface area contributed by atoms with Crippen LogP contribution in [0.5, 0.6) is 0 Å². The molecule has 0 aliphatic rings. The fourth-order valence-corrected chi connectivity index (χ4v) is 5.37. The van der Waals surface area contributed by atoms with Gasteiger partial charge in [-0.1, -0.05) is 54.4 Å². The van der Waals surface area contributed by atoms with Crippen LogP contribution in [0.25, 0.3) is 0 Å². The maximum absolute atomic E-state index is 13.8. The first-order chi connectivity index (χ1) is 18.0. The van der Waals surface area contributed by atoms with Gasteiger partial charge in [-0.25, -0.2) is 12.8 Å². The first-order valence-electron chi connectivity index (χ1n) is 12.5. The normalized spacial score (nSPS) is 12.0. The molecule has 38 heavy (non-hydrogen) atoms. The largest absolute Gasteiger partial charge is 0.354 e. The number of nitrogens with zero attached hydrogens (tertiary/aromatic N) is 2. The second-order valence-corrected chi connectivity index (χ2v) is 11.1. The standard InChI is InChI=1S/C29H34FN3O4S/c1-5-17-31-29(35)23(4)32(19-24-8-6-7-22(3)18-24)28(34)20-33(26-13-9-21(2)10-14-26)38(36,37)27-15-11-25(30)12-16-27/h6-16,18,23H,5,17,19-20H2,1-4H3,(H,31,35). The number of aryl methyl sites for hydroxylation is 2. The number of carbonyl (C=O) groups is 2. The number of carbonyl (C=O) groups excluding carboxylic acids is 2. The van der Waals surface area contributed by atoms with E-state index in [0.29, 0.717) is 6.54 Å². The fraction of sp³-hybridized carbons (Fsp3) is 0.310. The van der Waals surface area contributed by atoms with Gasteiger partial charge in [0, 0.05) is 13.1 Å². The molecule has 3 aromatic carbocycles. The van der Waals surface area contributed by atoms with E-state index < -0.39 is 34.3 Å². The minimum Gasteiger partial charge on any atom is -0.354 e. The van der Waals surface area contributed by atoms with Crippen LogP contribution in [0, 0.1) is 19.7 Å². The van der Waals surface area contributed by atoms with Crippen molar-refractivity contribution in [3.8, 4) is 0 Å². The molecule has 0 saturated carbocycles. The van der Waals surface area contributed by atoms with Gasteiger partial charge in [0.05, 0.1) is 10.6 Å². The SMILES string of the molecule is CCCNC(=O)C(C)N(Cc1cccc(C)c1)C(=O)CN(c1ccc(C)cc1)S(=O)(=O)c1ccc(F)cc1. The van der Waals surface area contributed by atoms with Crippen LogP contribution in [-0.2, 0) is 26.2 Å². The van der Waals surface area contributed by atoms with E-state index in [0.717, 1.165) is 39.5 Å². The molecule has 0 spiro atoms. The molecule has 0 aliphatic carbocycles. The predicted octanol–water partition coefficient (Wildman–Crippen LogP) is 4.58. The van der Waals surface area contributed by atoms with Crippen LogP contribution >= 0.6 is 0 Å². The lowest BCUT2D eigenvalue weighted by atomic mass is 10.1. The molecular weight excluding hydrogens is 505 g/mol. The lowest BCUT2D eigenvalue weighted by molar-refractivity contribution is -0.139. The van der Waals surface area contributed by atoms with Crippen LogP contribution in [0.3, 0.4) is 0 Å². The average Bonchev–Trinajstić information content (AvgIpc) is 2.89. The Balaban J connectivity index is 2.01. The van der Waals surface area contributed by atoms with Gasteiger partial charge in [0.25, 0.3) is 10.0 Å². The molecule has 3 rings (SSSR count). The number of halogens is 1. The molecule has 1 N–H and O–H groups in total. The molecule has 3 aromatic rings. The number of benzene rings is 3. The van der Waals surface area contributed by atoms with Crippen molar-refractivity contribution in [1.82, 2.24) is 10.2 Å². The maximum Gasteiger partial charge on any atom is 0.264 e. The highest BCUT2D eigenvalue weighted by atomic mass is 32.2. The molecular formula is C29H34FN3O4S. The van der Waals surface area contributed by atoms with E-state index in [4.69, 9.17) is 0 Å². The Bertz CT molecular complexity index is 1360. The van der Waals surface area contributed by atoms with Gasteiger partial charge in [-0.15, -0.1) is 0 Å². The van der Waals surface area contributed by atoms with Gasteiger partial charge in [0.1, 0.15) is 18.4 Å². The molecule has 7 nitrogen and oxygen atoms in total. The summed E-state index contributed by atoms with van der Waals surface area (Å²) in [5.41, 5.74) is 3.02. The predicted molar refractivity (Wildman–Crippen MR) is 147 cm³/mol. The van der Waals surface area contributed by atoms with Crippen LogP contribution in [0.2, 0.25) is 0 Å². The number of sulfonamides is 1. The third-order valence-electron chi connectivity index (χ3n) is 6.15. The molecule has 9 heteroatoms. The third kappa shape index (κ3) is 7.19. The summed E-state index contributed by atoms with van der Waals surface area (Å²) in [6.45, 7) is 7.41. The van der Waals surface area contributed by atoms with Crippen molar-refractivity contribution in [1.29, 1.82) is 0 Å². The molecule has 0 bridgehead atoms. The zero-order valence-electron chi connectivity index (χ0n) is 22.1. The molecule has 0 aliphatic heterocycles. The summed E-state index contributed by atoms with van der Waals surface area (Å²) in [7, 11) is -4.23. The number of amides is 2. The molecule has 1 atom stereocenters. The van der Waals surface area contributed by atoms with Gasteiger partial charge >= 0.3 is 0 Å². The zero-order valence-corrected chi connectivity index (χ0v) is 23.0. The van der Waals surface area contributed by atoms with Crippen molar-refractivity contribution in [2.45, 2.75) is 51.6 Å². The molecule has 0 heterocycles. The van der Waals surface area contributed by atoms with Gasteiger partial charge in [-0.3, -0.25) is 13.9 Å². The van der Waals surface area contributed by atoms with Crippen LogP contribution in [0.4, 0.5) is 10.1 Å². The minimum absolute atomic E-state index is 0.125. The summed E-state index contributed by atoms with van der Waals surface area (Å²) in [6.07, 6.45) is 0.738. The van der Waals surface area contributed by atoms with Gasteiger partial charge in [-0.05, 0) is 69.2 Å². The Kier molecular flexibility index (Phi) is 9.63. The van der Waals surface area contributed by atoms with Gasteiger partial charge in [0.15, 0.2) is 0 Å². The van der Waals surface area contributed by atoms with Crippen molar-refractivity contribution in [2.24, 2.45) is 0 Å². The Labute approximate surface area is 224 Å². The van der Waals surface area contributed by atoms with Crippen molar-refractivity contribution in [3.05, 3.63) is 95.3 Å². The zero-order chi connectivity index (χ0) is 27.9. The summed E-state index contributed by atoms with van der Waals surface area (Å²) in [5.74, 6) is -1.44. The van der Waals surface area contributed by atoms with E-state index in [1.165, 1.54) is 17.0 Å². The van der Waals surface area contributed by atoms with Crippen LogP contribution in [-0.4, -0.2) is 44.3 Å². The van der Waals surface area contributed by atoms with Gasteiger partial charge in [-0.2, -0.15) is 0 Å². The van der Waals surface area contributed by atoms with Crippen LogP contribution in [0.1, 0.15) is 37.0 Å². The van der Waals surface area contributed by atoms with E-state index in [9.17, 15) is 22.4 Å². The summed E-state index contributed by atoms with van der Waals surface area (Å²) in [5, 5.41) is 2.82. The third-order valence-corrected chi connectivity index (χ3v) is 7.94. The second-order valence-electron chi connectivity index (χ2n) is 9.28. The van der Waals surface area contributed by atoms with Crippen molar-refractivity contribution in [3.63, 3.8) is 0 Å². The number of hydrogen-bond donors (Lipinski definition) is 1. The van der Waals surface area contributed by atoms with E-state index >= 15 is 0 Å². The van der Waals surface area contributed by atoms with E-state index in [1.807, 2.05) is 45.0 Å². The molecule has 0 radical (unpaired) electrons. The number of nitrogens with one attached hydrogen (secondary N) is 1. The lowest BCUT2D eigenvalue weighted by Gasteiger charge is -2.32. The first kappa shape index (κ1) is 28.8. The van der Waals surface area contributed by atoms with Gasteiger partial charge < -0.3 is 10.2 Å². The number of hydrogen-bond acceptors (Lipinski definition) is 4. The number of rotatable bonds is 11. The summed E-state index contributed by atoms with van der Waals surface area (Å²) >= 11 is 0. The van der Waals surface area contributed by atoms with Crippen LogP contribution in [0.15, 0.2) is 77.7 Å². The van der Waals surface area contributed by atoms with E-state index in [1.54, 1.807) is 31.2 Å². The molecule has 0 aromatic heterocycles. The van der Waals surface area contributed by atoms with Crippen molar-refractivity contribution >= 4 is 27.5 Å².